The minimum atomic E-state index is -3.52. The zero-order valence-corrected chi connectivity index (χ0v) is 27.3. The van der Waals surface area contributed by atoms with Gasteiger partial charge in [0, 0.05) is 5.69 Å². The van der Waals surface area contributed by atoms with Crippen molar-refractivity contribution in [1.82, 2.24) is 20.2 Å². The molecule has 0 saturated heterocycles. The normalized spacial score (nSPS) is 10.6. The number of nitrogens with two attached hydrogens (primary N) is 1. The van der Waals surface area contributed by atoms with Crippen molar-refractivity contribution < 1.29 is 21.6 Å². The molecule has 0 unspecified atom stereocenters. The molecule has 5 aromatic rings. The summed E-state index contributed by atoms with van der Waals surface area (Å²) in [6, 6.07) is 26.5. The molecule has 0 radical (unpaired) electrons. The number of rotatable bonds is 7. The van der Waals surface area contributed by atoms with Gasteiger partial charge in [-0.2, -0.15) is 10.1 Å². The smallest absolute Gasteiger partial charge is 0.221 e. The Morgan fingerprint density at radius 3 is 1.67 bits per heavy atom. The molecule has 45 heavy (non-hydrogen) atoms. The molecule has 5 rings (SSSR count). The van der Waals surface area contributed by atoms with Crippen LogP contribution in [0.5, 0.6) is 0 Å². The Hall–Kier alpha value is -4.63. The number of nitrogens with zero attached hydrogens (tertiary/aromatic N) is 3. The average molecular weight is 681 g/mol. The van der Waals surface area contributed by atoms with Crippen molar-refractivity contribution >= 4 is 61.4 Å². The van der Waals surface area contributed by atoms with Crippen LogP contribution in [0, 0.1) is 18.6 Å². The molecule has 0 aliphatic rings. The van der Waals surface area contributed by atoms with Crippen LogP contribution >= 0.6 is 24.4 Å². The van der Waals surface area contributed by atoms with Crippen molar-refractivity contribution in [1.29, 1.82) is 0 Å². The highest BCUT2D eigenvalue weighted by Crippen LogP contribution is 2.24. The number of carbonyl (C=O) groups is 1. The van der Waals surface area contributed by atoms with E-state index in [9.17, 15) is 16.8 Å². The molecule has 15 heteroatoms. The maximum atomic E-state index is 12.6. The van der Waals surface area contributed by atoms with Crippen molar-refractivity contribution in [3.8, 4) is 5.69 Å². The molecule has 0 bridgehead atoms. The monoisotopic (exact) mass is 680 g/mol. The molecule has 1 heterocycles. The highest BCUT2D eigenvalue weighted by Gasteiger charge is 2.18. The number of aryl methyl sites for hydroxylation is 2. The topological polar surface area (TPSA) is 169 Å². The lowest BCUT2D eigenvalue weighted by Crippen LogP contribution is -2.18. The summed E-state index contributed by atoms with van der Waals surface area (Å²) < 4.78 is 52.1. The Morgan fingerprint density at radius 1 is 0.822 bits per heavy atom. The maximum Gasteiger partial charge on any atom is 0.221 e. The summed E-state index contributed by atoms with van der Waals surface area (Å²) >= 11 is 9.59. The van der Waals surface area contributed by atoms with E-state index in [4.69, 9.17) is 17.0 Å². The number of aliphatic imine (C=N–C) groups is 1. The summed E-state index contributed by atoms with van der Waals surface area (Å²) in [7, 11) is -7.00. The van der Waals surface area contributed by atoms with Crippen LogP contribution in [0.2, 0.25) is 0 Å². The fourth-order valence-corrected chi connectivity index (χ4v) is 6.85. The van der Waals surface area contributed by atoms with Crippen LogP contribution in [0.25, 0.3) is 5.69 Å². The third kappa shape index (κ3) is 9.18. The second-order valence-corrected chi connectivity index (χ2v) is 13.6. The molecule has 0 saturated carbocycles. The van der Waals surface area contributed by atoms with Gasteiger partial charge in [-0.25, -0.2) is 22.7 Å². The lowest BCUT2D eigenvalue weighted by Gasteiger charge is -2.07. The number of amides is 1. The van der Waals surface area contributed by atoms with E-state index in [0.29, 0.717) is 26.7 Å². The Kier molecular flexibility index (Phi) is 12.3. The van der Waals surface area contributed by atoms with Gasteiger partial charge in [0.2, 0.25) is 26.1 Å². The molecular weight excluding hydrogens is 653 g/mol. The summed E-state index contributed by atoms with van der Waals surface area (Å²) in [6.45, 7) is 3.72. The summed E-state index contributed by atoms with van der Waals surface area (Å²) in [4.78, 5) is 13.8. The average Bonchev–Trinajstić information content (AvgIpc) is 3.47. The van der Waals surface area contributed by atoms with Gasteiger partial charge >= 0.3 is 0 Å². The second kappa shape index (κ2) is 15.9. The number of aromatic nitrogens is 3. The molecule has 0 atom stereocenters. The first kappa shape index (κ1) is 34.9. The van der Waals surface area contributed by atoms with Gasteiger partial charge in [0.1, 0.15) is 6.33 Å². The largest absolute Gasteiger partial charge is 0.297 e. The number of carbonyl (C=O) groups excluding carboxylic acids is 1. The fourth-order valence-electron chi connectivity index (χ4n) is 3.81. The van der Waals surface area contributed by atoms with E-state index in [1.807, 2.05) is 26.0 Å². The van der Waals surface area contributed by atoms with Crippen LogP contribution in [-0.4, -0.2) is 43.2 Å². The van der Waals surface area contributed by atoms with E-state index in [-0.39, 0.29) is 9.79 Å². The maximum absolute atomic E-state index is 12.6. The van der Waals surface area contributed by atoms with Crippen LogP contribution in [0.4, 0.5) is 5.69 Å². The summed E-state index contributed by atoms with van der Waals surface area (Å²) in [5.41, 5.74) is 4.89. The predicted octanol–water partition coefficient (Wildman–Crippen LogP) is 5.24. The first-order chi connectivity index (χ1) is 21.4. The summed E-state index contributed by atoms with van der Waals surface area (Å²) in [5.74, 6) is 4.41. The molecule has 1 aromatic heterocycles. The molecule has 0 fully saturated rings. The van der Waals surface area contributed by atoms with Gasteiger partial charge < -0.3 is 0 Å². The number of benzene rings is 4. The molecule has 1 amide bonds. The Balaban J connectivity index is 0.000000222. The Labute approximate surface area is 271 Å². The van der Waals surface area contributed by atoms with Crippen LogP contribution in [-0.2, 0) is 24.5 Å². The van der Waals surface area contributed by atoms with E-state index in [2.05, 4.69) is 38.4 Å². The van der Waals surface area contributed by atoms with E-state index >= 15 is 0 Å². The zero-order valence-electron chi connectivity index (χ0n) is 24.0. The SMILES string of the molecule is Cc1cccc(S(=O)(=O)c2ccc(-n3cn[nH]c3=S)cc2)c1.Cc1cccc(S(=O)(=O)c2ccc(N=C=S)cc2)c1.NNC=O. The number of isothiocyanates is 1. The van der Waals surface area contributed by atoms with Crippen molar-refractivity contribution in [3.05, 3.63) is 119 Å². The zero-order chi connectivity index (χ0) is 33.0. The molecule has 232 valence electrons. The van der Waals surface area contributed by atoms with Crippen LogP contribution in [0.3, 0.4) is 0 Å². The number of aromatic amines is 1. The van der Waals surface area contributed by atoms with Crippen molar-refractivity contribution in [3.63, 3.8) is 0 Å². The van der Waals surface area contributed by atoms with Crippen LogP contribution < -0.4 is 11.3 Å². The van der Waals surface area contributed by atoms with Gasteiger partial charge in [-0.3, -0.25) is 19.9 Å². The first-order valence-corrected chi connectivity index (χ1v) is 16.7. The highest BCUT2D eigenvalue weighted by molar-refractivity contribution is 7.91. The van der Waals surface area contributed by atoms with Crippen molar-refractivity contribution in [2.24, 2.45) is 10.8 Å². The fraction of sp³-hybridized carbons (Fsp3) is 0.0667. The van der Waals surface area contributed by atoms with Gasteiger partial charge in [-0.1, -0.05) is 24.3 Å². The molecule has 11 nitrogen and oxygen atoms in total. The number of nitrogens with one attached hydrogen (secondary N) is 2. The van der Waals surface area contributed by atoms with Gasteiger partial charge in [-0.05, 0) is 122 Å². The van der Waals surface area contributed by atoms with E-state index < -0.39 is 19.7 Å². The standard InChI is InChI=1S/C15H13N3O2S2.C14H11NO2S2.CH4N2O/c1-11-3-2-4-14(9-11)22(19,20)13-7-5-12(6-8-13)18-10-16-17-15(18)21;1-11-3-2-4-14(9-11)19(16,17)13-7-5-12(6-8-13)15-10-18;2-3-1-4/h2-10H,1H3,(H,17,21);2-9H,1H3;1H,2H2,(H,3,4). The van der Waals surface area contributed by atoms with Gasteiger partial charge in [-0.15, -0.1) is 0 Å². The quantitative estimate of drug-likeness (QED) is 0.0520. The highest BCUT2D eigenvalue weighted by atomic mass is 32.2. The minimum absolute atomic E-state index is 0.237. The second-order valence-electron chi connectivity index (χ2n) is 9.15. The minimum Gasteiger partial charge on any atom is -0.297 e. The summed E-state index contributed by atoms with van der Waals surface area (Å²) in [5, 5.41) is 8.74. The van der Waals surface area contributed by atoms with Gasteiger partial charge in [0.15, 0.2) is 4.77 Å². The summed E-state index contributed by atoms with van der Waals surface area (Å²) in [6.07, 6.45) is 1.95. The van der Waals surface area contributed by atoms with Gasteiger partial charge in [0.05, 0.1) is 30.4 Å². The Bertz CT molecular complexity index is 2090. The van der Waals surface area contributed by atoms with Crippen LogP contribution in [0.15, 0.2) is 128 Å². The lowest BCUT2D eigenvalue weighted by atomic mass is 10.2. The molecule has 0 spiro atoms. The van der Waals surface area contributed by atoms with E-state index in [1.165, 1.54) is 12.1 Å². The molecule has 0 aliphatic carbocycles. The number of hydrogen-bond donors (Lipinski definition) is 3. The third-order valence-corrected chi connectivity index (χ3v) is 9.88. The number of thiocarbonyl (C=S) groups is 1. The van der Waals surface area contributed by atoms with E-state index in [1.54, 1.807) is 89.1 Å². The van der Waals surface area contributed by atoms with Gasteiger partial charge in [0.25, 0.3) is 0 Å². The molecule has 0 aliphatic heterocycles. The first-order valence-electron chi connectivity index (χ1n) is 12.9. The number of hydrazine groups is 1. The third-order valence-electron chi connectivity index (χ3n) is 5.97. The van der Waals surface area contributed by atoms with E-state index in [0.717, 1.165) is 16.8 Å². The molecular formula is C30H28N6O5S4. The number of hydrogen-bond acceptors (Lipinski definition) is 10. The lowest BCUT2D eigenvalue weighted by molar-refractivity contribution is -0.109. The number of sulfone groups is 2. The number of H-pyrrole nitrogens is 1. The van der Waals surface area contributed by atoms with Crippen molar-refractivity contribution in [2.75, 3.05) is 0 Å². The Morgan fingerprint density at radius 2 is 1.29 bits per heavy atom. The molecule has 4 N–H and O–H groups in total. The molecule has 4 aromatic carbocycles. The van der Waals surface area contributed by atoms with Crippen molar-refractivity contribution in [2.45, 2.75) is 33.4 Å². The predicted molar refractivity (Wildman–Crippen MR) is 177 cm³/mol. The van der Waals surface area contributed by atoms with Crippen LogP contribution in [0.1, 0.15) is 11.1 Å².